The fraction of sp³-hybridized carbons (Fsp3) is 0.875. The van der Waals surface area contributed by atoms with Crippen molar-refractivity contribution in [2.75, 3.05) is 13.1 Å². The lowest BCUT2D eigenvalue weighted by atomic mass is 10.1. The van der Waals surface area contributed by atoms with Gasteiger partial charge in [-0.25, -0.2) is 0 Å². The first-order chi connectivity index (χ1) is 9.99. The number of nitrogens with zero attached hydrogens (tertiary/aromatic N) is 4. The maximum Gasteiger partial charge on any atom is 0.0965 e. The van der Waals surface area contributed by atoms with Gasteiger partial charge in [-0.15, -0.1) is 5.10 Å². The second kappa shape index (κ2) is 6.05. The van der Waals surface area contributed by atoms with Gasteiger partial charge in [-0.1, -0.05) is 5.21 Å². The Hall–Kier alpha value is -0.940. The van der Waals surface area contributed by atoms with Gasteiger partial charge in [0.1, 0.15) is 0 Å². The van der Waals surface area contributed by atoms with Crippen LogP contribution >= 0.6 is 0 Å². The summed E-state index contributed by atoms with van der Waals surface area (Å²) >= 11 is 0. The molecular formula is C16H29N5. The van der Waals surface area contributed by atoms with Crippen LogP contribution in [0.2, 0.25) is 0 Å². The third kappa shape index (κ3) is 5.08. The number of rotatable bonds is 8. The van der Waals surface area contributed by atoms with Crippen molar-refractivity contribution in [1.82, 2.24) is 25.2 Å². The first kappa shape index (κ1) is 15.0. The monoisotopic (exact) mass is 291 g/mol. The molecule has 0 aliphatic heterocycles. The number of aromatic nitrogens is 3. The van der Waals surface area contributed by atoms with Gasteiger partial charge in [-0.2, -0.15) is 0 Å². The highest BCUT2D eigenvalue weighted by atomic mass is 15.4. The summed E-state index contributed by atoms with van der Waals surface area (Å²) in [6, 6.07) is 0.858. The molecular weight excluding hydrogens is 262 g/mol. The Kier molecular flexibility index (Phi) is 4.31. The standard InChI is InChI=1S/C16H29N5/c1-16(2,3)17-10-14-12-21(19-18-14)9-8-20(15-6-7-15)11-13-4-5-13/h12-13,15,17H,4-11H2,1-3H3. The van der Waals surface area contributed by atoms with Crippen LogP contribution in [0.3, 0.4) is 0 Å². The van der Waals surface area contributed by atoms with E-state index in [1.54, 1.807) is 0 Å². The minimum absolute atomic E-state index is 0.122. The molecule has 2 fully saturated rings. The largest absolute Gasteiger partial charge is 0.306 e. The fourth-order valence-corrected chi connectivity index (χ4v) is 2.61. The maximum absolute atomic E-state index is 4.26. The summed E-state index contributed by atoms with van der Waals surface area (Å²) in [7, 11) is 0. The Morgan fingerprint density at radius 2 is 2.05 bits per heavy atom. The highest BCUT2D eigenvalue weighted by molar-refractivity contribution is 4.93. The van der Waals surface area contributed by atoms with E-state index < -0.39 is 0 Å². The minimum Gasteiger partial charge on any atom is -0.306 e. The molecule has 118 valence electrons. The van der Waals surface area contributed by atoms with E-state index in [-0.39, 0.29) is 5.54 Å². The van der Waals surface area contributed by atoms with Crippen LogP contribution in [0.25, 0.3) is 0 Å². The molecule has 5 nitrogen and oxygen atoms in total. The van der Waals surface area contributed by atoms with Crippen LogP contribution < -0.4 is 5.32 Å². The molecule has 0 atom stereocenters. The summed E-state index contributed by atoms with van der Waals surface area (Å²) in [5.41, 5.74) is 1.15. The van der Waals surface area contributed by atoms with Crippen molar-refractivity contribution in [3.05, 3.63) is 11.9 Å². The first-order valence-electron chi connectivity index (χ1n) is 8.38. The Balaban J connectivity index is 1.45. The fourth-order valence-electron chi connectivity index (χ4n) is 2.61. The average molecular weight is 291 g/mol. The normalized spacial score (nSPS) is 19.4. The summed E-state index contributed by atoms with van der Waals surface area (Å²) in [5, 5.41) is 12.0. The average Bonchev–Trinajstić information content (AvgIpc) is 3.31. The molecule has 1 N–H and O–H groups in total. The summed E-state index contributed by atoms with van der Waals surface area (Å²) in [6.07, 6.45) is 7.75. The van der Waals surface area contributed by atoms with E-state index in [1.807, 2.05) is 4.68 Å². The van der Waals surface area contributed by atoms with E-state index in [0.717, 1.165) is 37.3 Å². The Labute approximate surface area is 128 Å². The van der Waals surface area contributed by atoms with Crippen LogP contribution in [-0.2, 0) is 13.1 Å². The van der Waals surface area contributed by atoms with E-state index in [1.165, 1.54) is 32.2 Å². The van der Waals surface area contributed by atoms with E-state index in [0.29, 0.717) is 0 Å². The van der Waals surface area contributed by atoms with E-state index in [9.17, 15) is 0 Å². The van der Waals surface area contributed by atoms with Crippen molar-refractivity contribution in [1.29, 1.82) is 0 Å². The summed E-state index contributed by atoms with van der Waals surface area (Å²) < 4.78 is 2.00. The number of nitrogens with one attached hydrogen (secondary N) is 1. The van der Waals surface area contributed by atoms with Crippen molar-refractivity contribution in [3.63, 3.8) is 0 Å². The van der Waals surface area contributed by atoms with Crippen LogP contribution in [0.5, 0.6) is 0 Å². The van der Waals surface area contributed by atoms with E-state index >= 15 is 0 Å². The van der Waals surface area contributed by atoms with Crippen molar-refractivity contribution in [3.8, 4) is 0 Å². The minimum atomic E-state index is 0.122. The maximum atomic E-state index is 4.26. The molecule has 2 aliphatic rings. The third-order valence-electron chi connectivity index (χ3n) is 4.26. The van der Waals surface area contributed by atoms with Gasteiger partial charge >= 0.3 is 0 Å². The van der Waals surface area contributed by atoms with E-state index in [2.05, 4.69) is 47.5 Å². The molecule has 3 rings (SSSR count). The Bertz CT molecular complexity index is 453. The first-order valence-corrected chi connectivity index (χ1v) is 8.38. The lowest BCUT2D eigenvalue weighted by Crippen LogP contribution is -2.35. The highest BCUT2D eigenvalue weighted by Crippen LogP contribution is 2.34. The van der Waals surface area contributed by atoms with Crippen molar-refractivity contribution in [2.24, 2.45) is 5.92 Å². The summed E-state index contributed by atoms with van der Waals surface area (Å²) in [4.78, 5) is 2.67. The highest BCUT2D eigenvalue weighted by Gasteiger charge is 2.33. The third-order valence-corrected chi connectivity index (χ3v) is 4.26. The van der Waals surface area contributed by atoms with Gasteiger partial charge in [0, 0.05) is 37.4 Å². The predicted octanol–water partition coefficient (Wildman–Crippen LogP) is 2.04. The van der Waals surface area contributed by atoms with Crippen LogP contribution in [0.15, 0.2) is 6.20 Å². The SMILES string of the molecule is CC(C)(C)NCc1cn(CCN(CC2CC2)C2CC2)nn1. The second-order valence-electron chi connectivity index (χ2n) is 7.75. The zero-order chi connectivity index (χ0) is 14.9. The molecule has 0 bridgehead atoms. The van der Waals surface area contributed by atoms with Gasteiger partial charge < -0.3 is 5.32 Å². The lowest BCUT2D eigenvalue weighted by molar-refractivity contribution is 0.238. The molecule has 1 aromatic heterocycles. The lowest BCUT2D eigenvalue weighted by Gasteiger charge is -2.21. The molecule has 0 saturated heterocycles. The van der Waals surface area contributed by atoms with Gasteiger partial charge in [0.2, 0.25) is 0 Å². The van der Waals surface area contributed by atoms with Crippen LogP contribution in [0, 0.1) is 5.92 Å². The zero-order valence-corrected chi connectivity index (χ0v) is 13.7. The molecule has 2 saturated carbocycles. The molecule has 0 spiro atoms. The van der Waals surface area contributed by atoms with Gasteiger partial charge in [-0.3, -0.25) is 9.58 Å². The number of hydrogen-bond donors (Lipinski definition) is 1. The molecule has 0 unspecified atom stereocenters. The molecule has 0 aromatic carbocycles. The molecule has 21 heavy (non-hydrogen) atoms. The molecule has 0 amide bonds. The smallest absolute Gasteiger partial charge is 0.0965 e. The van der Waals surface area contributed by atoms with Crippen molar-refractivity contribution >= 4 is 0 Å². The zero-order valence-electron chi connectivity index (χ0n) is 13.7. The van der Waals surface area contributed by atoms with Crippen molar-refractivity contribution in [2.45, 2.75) is 71.1 Å². The van der Waals surface area contributed by atoms with E-state index in [4.69, 9.17) is 0 Å². The molecule has 1 heterocycles. The molecule has 2 aliphatic carbocycles. The van der Waals surface area contributed by atoms with Gasteiger partial charge in [-0.05, 0) is 52.4 Å². The molecule has 5 heteroatoms. The quantitative estimate of drug-likeness (QED) is 0.796. The van der Waals surface area contributed by atoms with Crippen LogP contribution in [0.1, 0.15) is 52.1 Å². The summed E-state index contributed by atoms with van der Waals surface area (Å²) in [5.74, 6) is 0.980. The van der Waals surface area contributed by atoms with Gasteiger partial charge in [0.25, 0.3) is 0 Å². The number of hydrogen-bond acceptors (Lipinski definition) is 4. The predicted molar refractivity (Wildman–Crippen MR) is 83.9 cm³/mol. The van der Waals surface area contributed by atoms with Gasteiger partial charge in [0.05, 0.1) is 12.2 Å². The second-order valence-corrected chi connectivity index (χ2v) is 7.75. The molecule has 0 radical (unpaired) electrons. The Morgan fingerprint density at radius 3 is 2.67 bits per heavy atom. The Morgan fingerprint density at radius 1 is 1.29 bits per heavy atom. The van der Waals surface area contributed by atoms with Crippen LogP contribution in [-0.4, -0.2) is 44.6 Å². The van der Waals surface area contributed by atoms with Crippen LogP contribution in [0.4, 0.5) is 0 Å². The van der Waals surface area contributed by atoms with Gasteiger partial charge in [0.15, 0.2) is 0 Å². The molecule has 1 aromatic rings. The topological polar surface area (TPSA) is 46.0 Å². The summed E-state index contributed by atoms with van der Waals surface area (Å²) in [6.45, 7) is 10.7. The van der Waals surface area contributed by atoms with Crippen molar-refractivity contribution < 1.29 is 0 Å².